The summed E-state index contributed by atoms with van der Waals surface area (Å²) < 4.78 is 4.68. The van der Waals surface area contributed by atoms with Crippen LogP contribution in [0.3, 0.4) is 0 Å². The fourth-order valence-corrected chi connectivity index (χ4v) is 3.27. The second kappa shape index (κ2) is 7.29. The van der Waals surface area contributed by atoms with Crippen LogP contribution >= 0.6 is 0 Å². The lowest BCUT2D eigenvalue weighted by Crippen LogP contribution is -2.52. The van der Waals surface area contributed by atoms with Crippen molar-refractivity contribution in [2.24, 2.45) is 0 Å². The van der Waals surface area contributed by atoms with Gasteiger partial charge in [-0.05, 0) is 51.2 Å². The van der Waals surface area contributed by atoms with E-state index in [1.54, 1.807) is 12.1 Å². The summed E-state index contributed by atoms with van der Waals surface area (Å²) in [6.45, 7) is 2.76. The van der Waals surface area contributed by atoms with Crippen molar-refractivity contribution in [3.05, 3.63) is 29.3 Å². The highest BCUT2D eigenvalue weighted by Crippen LogP contribution is 2.25. The van der Waals surface area contributed by atoms with E-state index in [0.717, 1.165) is 24.9 Å². The molecule has 1 heterocycles. The zero-order valence-corrected chi connectivity index (χ0v) is 14.1. The minimum Gasteiger partial charge on any atom is -0.507 e. The Morgan fingerprint density at radius 3 is 2.83 bits per heavy atom. The van der Waals surface area contributed by atoms with Crippen molar-refractivity contribution in [3.8, 4) is 5.75 Å². The number of aromatic hydroxyl groups is 1. The largest absolute Gasteiger partial charge is 0.507 e. The number of phenols is 1. The number of piperidine rings is 1. The molecule has 1 aromatic rings. The van der Waals surface area contributed by atoms with Crippen LogP contribution in [0.2, 0.25) is 0 Å². The van der Waals surface area contributed by atoms with Gasteiger partial charge < -0.3 is 19.8 Å². The first-order valence-corrected chi connectivity index (χ1v) is 7.83. The van der Waals surface area contributed by atoms with Gasteiger partial charge in [-0.2, -0.15) is 0 Å². The van der Waals surface area contributed by atoms with Crippen LogP contribution in [0.15, 0.2) is 18.2 Å². The maximum Gasteiger partial charge on any atom is 0.341 e. The van der Waals surface area contributed by atoms with E-state index >= 15 is 0 Å². The summed E-state index contributed by atoms with van der Waals surface area (Å²) in [5.41, 5.74) is 0.381. The van der Waals surface area contributed by atoms with Gasteiger partial charge in [0.1, 0.15) is 11.3 Å². The first kappa shape index (κ1) is 17.7. The highest BCUT2D eigenvalue weighted by molar-refractivity contribution is 5.92. The van der Waals surface area contributed by atoms with Gasteiger partial charge in [-0.3, -0.25) is 4.90 Å². The average Bonchev–Trinajstić information content (AvgIpc) is 2.47. The number of ether oxygens (including phenoxy) is 1. The highest BCUT2D eigenvalue weighted by Gasteiger charge is 2.33. The molecule has 1 atom stereocenters. The van der Waals surface area contributed by atoms with Crippen molar-refractivity contribution in [1.82, 2.24) is 9.80 Å². The SMILES string of the molecule is COC(=O)c1cc(CN2CCC[C@](O)(CN(C)C)C2)ccc1O. The normalized spacial score (nSPS) is 22.3. The monoisotopic (exact) mass is 322 g/mol. The van der Waals surface area contributed by atoms with E-state index in [0.29, 0.717) is 19.6 Å². The van der Waals surface area contributed by atoms with Gasteiger partial charge in [0.25, 0.3) is 0 Å². The third-order valence-electron chi connectivity index (χ3n) is 4.12. The van der Waals surface area contributed by atoms with E-state index in [2.05, 4.69) is 9.64 Å². The zero-order valence-electron chi connectivity index (χ0n) is 14.1. The van der Waals surface area contributed by atoms with E-state index in [-0.39, 0.29) is 11.3 Å². The number of rotatable bonds is 5. The Bertz CT molecular complexity index is 562. The predicted octanol–water partition coefficient (Wildman–Crippen LogP) is 1.07. The number of nitrogens with zero attached hydrogens (tertiary/aromatic N) is 2. The molecule has 0 radical (unpaired) electrons. The first-order valence-electron chi connectivity index (χ1n) is 7.83. The first-order chi connectivity index (χ1) is 10.8. The molecule has 1 saturated heterocycles. The Hall–Kier alpha value is -1.63. The van der Waals surface area contributed by atoms with Crippen LogP contribution in [-0.2, 0) is 11.3 Å². The van der Waals surface area contributed by atoms with Crippen molar-refractivity contribution in [3.63, 3.8) is 0 Å². The number of β-amino-alcohol motifs (C(OH)–C–C–N with tert-alkyl or cyclic N) is 1. The lowest BCUT2D eigenvalue weighted by atomic mass is 9.92. The molecular formula is C17H26N2O4. The number of likely N-dealkylation sites (tertiary alicyclic amines) is 1. The van der Waals surface area contributed by atoms with Crippen LogP contribution in [0.5, 0.6) is 5.75 Å². The summed E-state index contributed by atoms with van der Waals surface area (Å²) >= 11 is 0. The summed E-state index contributed by atoms with van der Waals surface area (Å²) in [7, 11) is 5.21. The molecule has 6 heteroatoms. The molecule has 0 bridgehead atoms. The molecule has 1 aromatic carbocycles. The summed E-state index contributed by atoms with van der Waals surface area (Å²) in [4.78, 5) is 15.8. The van der Waals surface area contributed by atoms with Crippen LogP contribution in [0.25, 0.3) is 0 Å². The lowest BCUT2D eigenvalue weighted by molar-refractivity contribution is -0.0480. The second-order valence-electron chi connectivity index (χ2n) is 6.62. The summed E-state index contributed by atoms with van der Waals surface area (Å²) in [6, 6.07) is 4.96. The molecule has 0 spiro atoms. The number of methoxy groups -OCH3 is 1. The van der Waals surface area contributed by atoms with Gasteiger partial charge in [0, 0.05) is 19.6 Å². The van der Waals surface area contributed by atoms with E-state index in [1.807, 2.05) is 19.0 Å². The fraction of sp³-hybridized carbons (Fsp3) is 0.588. The van der Waals surface area contributed by atoms with Gasteiger partial charge in [0.2, 0.25) is 0 Å². The van der Waals surface area contributed by atoms with Crippen molar-refractivity contribution in [1.29, 1.82) is 0 Å². The van der Waals surface area contributed by atoms with Crippen LogP contribution in [0.4, 0.5) is 0 Å². The van der Waals surface area contributed by atoms with Crippen LogP contribution in [0, 0.1) is 0 Å². The van der Waals surface area contributed by atoms with Crippen molar-refractivity contribution in [2.75, 3.05) is 40.8 Å². The van der Waals surface area contributed by atoms with Gasteiger partial charge in [0.15, 0.2) is 0 Å². The molecule has 0 unspecified atom stereocenters. The quantitative estimate of drug-likeness (QED) is 0.790. The number of hydrogen-bond donors (Lipinski definition) is 2. The number of carbonyl (C=O) groups is 1. The van der Waals surface area contributed by atoms with E-state index in [1.165, 1.54) is 13.2 Å². The number of carbonyl (C=O) groups excluding carboxylic acids is 1. The zero-order chi connectivity index (χ0) is 17.0. The number of aliphatic hydroxyl groups is 1. The number of benzene rings is 1. The maximum atomic E-state index is 11.7. The Labute approximate surface area is 137 Å². The van der Waals surface area contributed by atoms with E-state index < -0.39 is 11.6 Å². The van der Waals surface area contributed by atoms with Crippen molar-refractivity contribution < 1.29 is 19.7 Å². The van der Waals surface area contributed by atoms with Crippen molar-refractivity contribution in [2.45, 2.75) is 25.0 Å². The smallest absolute Gasteiger partial charge is 0.341 e. The van der Waals surface area contributed by atoms with E-state index in [4.69, 9.17) is 0 Å². The maximum absolute atomic E-state index is 11.7. The Kier molecular flexibility index (Phi) is 5.62. The molecule has 6 nitrogen and oxygen atoms in total. The third-order valence-corrected chi connectivity index (χ3v) is 4.12. The van der Waals surface area contributed by atoms with Gasteiger partial charge in [-0.25, -0.2) is 4.79 Å². The molecule has 0 aliphatic carbocycles. The molecule has 128 valence electrons. The van der Waals surface area contributed by atoms with Gasteiger partial charge >= 0.3 is 5.97 Å². The molecule has 0 aromatic heterocycles. The second-order valence-corrected chi connectivity index (χ2v) is 6.62. The predicted molar refractivity (Wildman–Crippen MR) is 87.5 cm³/mol. The summed E-state index contributed by atoms with van der Waals surface area (Å²) in [5.74, 6) is -0.629. The molecule has 2 N–H and O–H groups in total. The standard InChI is InChI=1S/C17H26N2O4/c1-18(2)11-17(22)7-4-8-19(12-17)10-13-5-6-15(20)14(9-13)16(21)23-3/h5-6,9,20,22H,4,7-8,10-12H2,1-3H3/t17-/m0/s1. The van der Waals surface area contributed by atoms with Gasteiger partial charge in [-0.1, -0.05) is 6.07 Å². The van der Waals surface area contributed by atoms with Crippen LogP contribution in [0.1, 0.15) is 28.8 Å². The number of likely N-dealkylation sites (N-methyl/N-ethyl adjacent to an activating group) is 1. The molecule has 1 aliphatic rings. The molecule has 1 aliphatic heterocycles. The topological polar surface area (TPSA) is 73.2 Å². The minimum atomic E-state index is -0.705. The number of phenolic OH excluding ortho intramolecular Hbond substituents is 1. The number of esters is 1. The molecule has 2 rings (SSSR count). The van der Waals surface area contributed by atoms with E-state index in [9.17, 15) is 15.0 Å². The Morgan fingerprint density at radius 1 is 1.43 bits per heavy atom. The van der Waals surface area contributed by atoms with Crippen molar-refractivity contribution >= 4 is 5.97 Å². The molecule has 1 fully saturated rings. The minimum absolute atomic E-state index is 0.0802. The Morgan fingerprint density at radius 2 is 2.17 bits per heavy atom. The van der Waals surface area contributed by atoms with Crippen LogP contribution in [-0.4, -0.2) is 72.4 Å². The lowest BCUT2D eigenvalue weighted by Gasteiger charge is -2.40. The number of hydrogen-bond acceptors (Lipinski definition) is 6. The summed E-state index contributed by atoms with van der Waals surface area (Å²) in [6.07, 6.45) is 1.73. The molecule has 23 heavy (non-hydrogen) atoms. The molecule has 0 saturated carbocycles. The molecular weight excluding hydrogens is 296 g/mol. The Balaban J connectivity index is 2.08. The highest BCUT2D eigenvalue weighted by atomic mass is 16.5. The average molecular weight is 322 g/mol. The fourth-order valence-electron chi connectivity index (χ4n) is 3.27. The summed E-state index contributed by atoms with van der Waals surface area (Å²) in [5, 5.41) is 20.5. The third kappa shape index (κ3) is 4.67. The van der Waals surface area contributed by atoms with Gasteiger partial charge in [0.05, 0.1) is 12.7 Å². The molecule has 0 amide bonds. The van der Waals surface area contributed by atoms with Gasteiger partial charge in [-0.15, -0.1) is 0 Å². The van der Waals surface area contributed by atoms with Crippen LogP contribution < -0.4 is 0 Å².